The standard InChI is InChI=1S/C20H20ClNO3S/c1-23-12-4-5-17-14(9-12)18(21)20(26-17)19-13-10-16(25-3)15(24-2)8-11(13)6-7-22-19/h4-5,8-10,19,22H,6-7H2,1-3H3. The van der Waals surface area contributed by atoms with Gasteiger partial charge in [-0.1, -0.05) is 11.6 Å². The molecule has 4 nitrogen and oxygen atoms in total. The molecule has 1 atom stereocenters. The SMILES string of the molecule is COc1ccc2sc(C3NCCc4cc(OC)c(OC)cc43)c(Cl)c2c1. The van der Waals surface area contributed by atoms with E-state index in [0.717, 1.165) is 50.2 Å². The highest BCUT2D eigenvalue weighted by Crippen LogP contribution is 2.45. The van der Waals surface area contributed by atoms with Gasteiger partial charge in [0.2, 0.25) is 0 Å². The lowest BCUT2D eigenvalue weighted by Crippen LogP contribution is -2.30. The summed E-state index contributed by atoms with van der Waals surface area (Å²) < 4.78 is 17.5. The molecule has 1 N–H and O–H groups in total. The van der Waals surface area contributed by atoms with Crippen molar-refractivity contribution >= 4 is 33.0 Å². The molecule has 1 aromatic heterocycles. The minimum atomic E-state index is 0.0365. The van der Waals surface area contributed by atoms with E-state index in [0.29, 0.717) is 0 Å². The number of nitrogens with one attached hydrogen (secondary N) is 1. The number of benzene rings is 2. The maximum atomic E-state index is 6.78. The highest BCUT2D eigenvalue weighted by Gasteiger charge is 2.28. The molecular weight excluding hydrogens is 370 g/mol. The van der Waals surface area contributed by atoms with Crippen LogP contribution in [0, 0.1) is 0 Å². The molecular formula is C20H20ClNO3S. The number of hydrogen-bond acceptors (Lipinski definition) is 5. The van der Waals surface area contributed by atoms with Crippen molar-refractivity contribution < 1.29 is 14.2 Å². The Morgan fingerprint density at radius 1 is 1.04 bits per heavy atom. The van der Waals surface area contributed by atoms with Gasteiger partial charge in [-0.25, -0.2) is 0 Å². The Morgan fingerprint density at radius 3 is 2.54 bits per heavy atom. The fourth-order valence-electron chi connectivity index (χ4n) is 3.50. The second kappa shape index (κ2) is 6.99. The molecule has 0 saturated heterocycles. The van der Waals surface area contributed by atoms with Crippen LogP contribution in [-0.2, 0) is 6.42 Å². The van der Waals surface area contributed by atoms with Crippen LogP contribution in [0.2, 0.25) is 5.02 Å². The first-order valence-corrected chi connectivity index (χ1v) is 9.59. The van der Waals surface area contributed by atoms with Gasteiger partial charge < -0.3 is 19.5 Å². The third-order valence-corrected chi connectivity index (χ3v) is 6.58. The van der Waals surface area contributed by atoms with Crippen LogP contribution in [0.1, 0.15) is 22.0 Å². The predicted octanol–water partition coefficient (Wildman–Crippen LogP) is 4.82. The van der Waals surface area contributed by atoms with Crippen molar-refractivity contribution in [3.63, 3.8) is 0 Å². The molecule has 0 saturated carbocycles. The zero-order valence-corrected chi connectivity index (χ0v) is 16.5. The summed E-state index contributed by atoms with van der Waals surface area (Å²) in [6, 6.07) is 10.2. The lowest BCUT2D eigenvalue weighted by atomic mass is 9.92. The maximum Gasteiger partial charge on any atom is 0.161 e. The van der Waals surface area contributed by atoms with Gasteiger partial charge >= 0.3 is 0 Å². The van der Waals surface area contributed by atoms with Crippen molar-refractivity contribution in [3.05, 3.63) is 51.4 Å². The number of methoxy groups -OCH3 is 3. The molecule has 136 valence electrons. The molecule has 2 aromatic carbocycles. The van der Waals surface area contributed by atoms with Gasteiger partial charge in [-0.3, -0.25) is 0 Å². The van der Waals surface area contributed by atoms with Gasteiger partial charge in [-0.2, -0.15) is 0 Å². The third-order valence-electron chi connectivity index (χ3n) is 4.82. The molecule has 4 rings (SSSR count). The van der Waals surface area contributed by atoms with E-state index in [-0.39, 0.29) is 6.04 Å². The molecule has 0 fully saturated rings. The van der Waals surface area contributed by atoms with Crippen LogP contribution in [0.15, 0.2) is 30.3 Å². The van der Waals surface area contributed by atoms with Crippen LogP contribution >= 0.6 is 22.9 Å². The predicted molar refractivity (Wildman–Crippen MR) is 106 cm³/mol. The van der Waals surface area contributed by atoms with Crippen LogP contribution in [0.5, 0.6) is 17.2 Å². The van der Waals surface area contributed by atoms with E-state index < -0.39 is 0 Å². The molecule has 0 bridgehead atoms. The van der Waals surface area contributed by atoms with Crippen LogP contribution in [0.3, 0.4) is 0 Å². The second-order valence-electron chi connectivity index (χ2n) is 6.19. The van der Waals surface area contributed by atoms with Gasteiger partial charge in [0.15, 0.2) is 11.5 Å². The normalized spacial score (nSPS) is 16.4. The summed E-state index contributed by atoms with van der Waals surface area (Å²) in [6.45, 7) is 0.890. The average Bonchev–Trinajstić information content (AvgIpc) is 3.02. The summed E-state index contributed by atoms with van der Waals surface area (Å²) in [5.41, 5.74) is 2.45. The Bertz CT molecular complexity index is 969. The van der Waals surface area contributed by atoms with Gasteiger partial charge in [0.1, 0.15) is 5.75 Å². The summed E-state index contributed by atoms with van der Waals surface area (Å²) >= 11 is 8.49. The van der Waals surface area contributed by atoms with Gasteiger partial charge in [0.05, 0.1) is 32.4 Å². The second-order valence-corrected chi connectivity index (χ2v) is 7.65. The molecule has 26 heavy (non-hydrogen) atoms. The monoisotopic (exact) mass is 389 g/mol. The smallest absolute Gasteiger partial charge is 0.161 e. The lowest BCUT2D eigenvalue weighted by Gasteiger charge is -2.27. The van der Waals surface area contributed by atoms with Crippen LogP contribution in [-0.4, -0.2) is 27.9 Å². The van der Waals surface area contributed by atoms with E-state index in [1.165, 1.54) is 11.1 Å². The summed E-state index contributed by atoms with van der Waals surface area (Å²) in [7, 11) is 4.99. The molecule has 6 heteroatoms. The number of halogens is 1. The van der Waals surface area contributed by atoms with Crippen molar-refractivity contribution in [1.29, 1.82) is 0 Å². The Hall–Kier alpha value is -1.95. The van der Waals surface area contributed by atoms with Crippen LogP contribution in [0.4, 0.5) is 0 Å². The van der Waals surface area contributed by atoms with Crippen molar-refractivity contribution in [3.8, 4) is 17.2 Å². The molecule has 0 amide bonds. The minimum Gasteiger partial charge on any atom is -0.497 e. The maximum absolute atomic E-state index is 6.78. The number of rotatable bonds is 4. The Balaban J connectivity index is 1.85. The average molecular weight is 390 g/mol. The quantitative estimate of drug-likeness (QED) is 0.694. The molecule has 3 aromatic rings. The van der Waals surface area contributed by atoms with Gasteiger partial charge in [-0.15, -0.1) is 11.3 Å². The Kier molecular flexibility index (Phi) is 4.69. The summed E-state index contributed by atoms with van der Waals surface area (Å²) in [6.07, 6.45) is 0.947. The first kappa shape index (κ1) is 17.5. The lowest BCUT2D eigenvalue weighted by molar-refractivity contribution is 0.353. The topological polar surface area (TPSA) is 39.7 Å². The molecule has 0 aliphatic carbocycles. The molecule has 0 spiro atoms. The fourth-order valence-corrected chi connectivity index (χ4v) is 5.10. The number of thiophene rings is 1. The van der Waals surface area contributed by atoms with Gasteiger partial charge in [0, 0.05) is 21.5 Å². The van der Waals surface area contributed by atoms with E-state index in [9.17, 15) is 0 Å². The zero-order chi connectivity index (χ0) is 18.3. The largest absolute Gasteiger partial charge is 0.497 e. The van der Waals surface area contributed by atoms with Crippen LogP contribution < -0.4 is 19.5 Å². The highest BCUT2D eigenvalue weighted by molar-refractivity contribution is 7.20. The van der Waals surface area contributed by atoms with E-state index in [2.05, 4.69) is 23.5 Å². The Morgan fingerprint density at radius 2 is 1.81 bits per heavy atom. The van der Waals surface area contributed by atoms with Crippen molar-refractivity contribution in [2.75, 3.05) is 27.9 Å². The van der Waals surface area contributed by atoms with Gasteiger partial charge in [-0.05, 0) is 47.9 Å². The first-order chi connectivity index (χ1) is 12.7. The highest BCUT2D eigenvalue weighted by atomic mass is 35.5. The molecule has 1 aliphatic rings. The molecule has 1 unspecified atom stereocenters. The third kappa shape index (κ3) is 2.80. The van der Waals surface area contributed by atoms with Crippen LogP contribution in [0.25, 0.3) is 10.1 Å². The van der Waals surface area contributed by atoms with E-state index in [1.54, 1.807) is 32.7 Å². The molecule has 2 heterocycles. The first-order valence-electron chi connectivity index (χ1n) is 8.40. The van der Waals surface area contributed by atoms with E-state index in [4.69, 9.17) is 25.8 Å². The number of hydrogen-bond donors (Lipinski definition) is 1. The zero-order valence-electron chi connectivity index (χ0n) is 14.9. The van der Waals surface area contributed by atoms with Gasteiger partial charge in [0.25, 0.3) is 0 Å². The fraction of sp³-hybridized carbons (Fsp3) is 0.300. The van der Waals surface area contributed by atoms with E-state index in [1.807, 2.05) is 12.1 Å². The van der Waals surface area contributed by atoms with Crippen molar-refractivity contribution in [2.45, 2.75) is 12.5 Å². The minimum absolute atomic E-state index is 0.0365. The number of ether oxygens (including phenoxy) is 3. The van der Waals surface area contributed by atoms with Crippen molar-refractivity contribution in [2.24, 2.45) is 0 Å². The molecule has 0 radical (unpaired) electrons. The number of fused-ring (bicyclic) bond motifs is 2. The summed E-state index contributed by atoms with van der Waals surface area (Å²) in [5.74, 6) is 2.31. The summed E-state index contributed by atoms with van der Waals surface area (Å²) in [4.78, 5) is 1.11. The van der Waals surface area contributed by atoms with E-state index >= 15 is 0 Å². The van der Waals surface area contributed by atoms with Crippen molar-refractivity contribution in [1.82, 2.24) is 5.32 Å². The molecule has 1 aliphatic heterocycles. The summed E-state index contributed by atoms with van der Waals surface area (Å²) in [5, 5.41) is 5.42. The Labute approximate surface area is 161 Å².